The Hall–Kier alpha value is -0.440. The molecule has 1 aromatic heterocycles. The third-order valence-electron chi connectivity index (χ3n) is 1.65. The Morgan fingerprint density at radius 2 is 2.10 bits per heavy atom. The maximum atomic E-state index is 4.22. The van der Waals surface area contributed by atoms with Gasteiger partial charge in [-0.1, -0.05) is 0 Å². The summed E-state index contributed by atoms with van der Waals surface area (Å²) in [4.78, 5) is 4.22. The third kappa shape index (κ3) is 1.19. The summed E-state index contributed by atoms with van der Waals surface area (Å²) in [5.41, 5.74) is 0. The Morgan fingerprint density at radius 3 is 2.30 bits per heavy atom. The normalized spacial score (nSPS) is 11.8. The first kappa shape index (κ1) is 7.66. The molecule has 2 nitrogen and oxygen atoms in total. The van der Waals surface area contributed by atoms with Crippen molar-refractivity contribution in [2.24, 2.45) is 7.05 Å². The van der Waals surface area contributed by atoms with E-state index in [1.807, 2.05) is 13.1 Å². The Morgan fingerprint density at radius 1 is 1.50 bits per heavy atom. The summed E-state index contributed by atoms with van der Waals surface area (Å²) in [7, 11) is 2.07. The largest absolute Gasteiger partial charge is 0.328 e. The quantitative estimate of drug-likeness (QED) is 0.611. The van der Waals surface area contributed by atoms with Crippen molar-refractivity contribution in [2.45, 2.75) is 11.9 Å². The van der Waals surface area contributed by atoms with Crippen LogP contribution in [0.15, 0.2) is 11.2 Å². The highest BCUT2D eigenvalue weighted by Gasteiger charge is 2.02. The van der Waals surface area contributed by atoms with Crippen LogP contribution in [-0.2, 0) is 7.05 Å². The molecule has 0 saturated heterocycles. The van der Waals surface area contributed by atoms with E-state index in [0.717, 1.165) is 5.82 Å². The van der Waals surface area contributed by atoms with Gasteiger partial charge in [-0.25, -0.2) is 15.9 Å². The standard InChI is InChI=1S/C7H14N2S/c1-6-8-5-7(9(6)2)10(3)4/h5,10H,1-4H3. The first-order chi connectivity index (χ1) is 4.63. The molecule has 0 spiro atoms. The van der Waals surface area contributed by atoms with Gasteiger partial charge in [-0.05, 0) is 19.4 Å². The van der Waals surface area contributed by atoms with E-state index in [4.69, 9.17) is 0 Å². The minimum absolute atomic E-state index is 0.00489. The lowest BCUT2D eigenvalue weighted by molar-refractivity contribution is 0.784. The smallest absolute Gasteiger partial charge is 0.106 e. The highest BCUT2D eigenvalue weighted by Crippen LogP contribution is 2.27. The highest BCUT2D eigenvalue weighted by atomic mass is 32.2. The topological polar surface area (TPSA) is 17.8 Å². The van der Waals surface area contributed by atoms with Crippen molar-refractivity contribution in [3.8, 4) is 0 Å². The Balaban J connectivity index is 3.05. The summed E-state index contributed by atoms with van der Waals surface area (Å²) in [5.74, 6) is 1.10. The first-order valence-electron chi connectivity index (χ1n) is 3.28. The van der Waals surface area contributed by atoms with Gasteiger partial charge in [-0.2, -0.15) is 0 Å². The number of aryl methyl sites for hydroxylation is 1. The maximum Gasteiger partial charge on any atom is 0.106 e. The van der Waals surface area contributed by atoms with Crippen LogP contribution in [0, 0.1) is 6.92 Å². The van der Waals surface area contributed by atoms with E-state index in [0.29, 0.717) is 0 Å². The van der Waals surface area contributed by atoms with Crippen LogP contribution in [0.4, 0.5) is 0 Å². The molecule has 0 bridgehead atoms. The van der Waals surface area contributed by atoms with Crippen LogP contribution in [0.25, 0.3) is 0 Å². The Labute approximate surface area is 64.6 Å². The molecule has 10 heavy (non-hydrogen) atoms. The van der Waals surface area contributed by atoms with Crippen molar-refractivity contribution in [3.63, 3.8) is 0 Å². The highest BCUT2D eigenvalue weighted by molar-refractivity contribution is 8.15. The van der Waals surface area contributed by atoms with Gasteiger partial charge >= 0.3 is 0 Å². The summed E-state index contributed by atoms with van der Waals surface area (Å²) in [5, 5.41) is 1.37. The predicted molar refractivity (Wildman–Crippen MR) is 47.0 cm³/mol. The lowest BCUT2D eigenvalue weighted by Gasteiger charge is -2.09. The van der Waals surface area contributed by atoms with Crippen molar-refractivity contribution in [3.05, 3.63) is 12.0 Å². The zero-order valence-electron chi connectivity index (χ0n) is 6.92. The van der Waals surface area contributed by atoms with Gasteiger partial charge in [0.25, 0.3) is 0 Å². The molecule has 1 rings (SSSR count). The van der Waals surface area contributed by atoms with Crippen LogP contribution in [0.1, 0.15) is 5.82 Å². The minimum Gasteiger partial charge on any atom is -0.328 e. The Bertz CT molecular complexity index is 228. The summed E-state index contributed by atoms with van der Waals surface area (Å²) in [6.45, 7) is 2.03. The van der Waals surface area contributed by atoms with E-state index in [9.17, 15) is 0 Å². The van der Waals surface area contributed by atoms with Crippen LogP contribution in [-0.4, -0.2) is 22.1 Å². The van der Waals surface area contributed by atoms with Gasteiger partial charge in [0.15, 0.2) is 0 Å². The molecule has 3 heteroatoms. The molecule has 0 radical (unpaired) electrons. The van der Waals surface area contributed by atoms with Crippen molar-refractivity contribution in [2.75, 3.05) is 12.5 Å². The molecule has 1 aromatic rings. The van der Waals surface area contributed by atoms with Crippen molar-refractivity contribution in [1.29, 1.82) is 0 Å². The second-order valence-electron chi connectivity index (χ2n) is 2.62. The van der Waals surface area contributed by atoms with E-state index in [1.54, 1.807) is 0 Å². The van der Waals surface area contributed by atoms with Gasteiger partial charge in [0.1, 0.15) is 5.82 Å². The molecule has 0 saturated carbocycles. The van der Waals surface area contributed by atoms with Gasteiger partial charge in [0.2, 0.25) is 0 Å². The molecule has 0 fully saturated rings. The second kappa shape index (κ2) is 2.66. The molecule has 0 aliphatic rings. The van der Waals surface area contributed by atoms with E-state index in [2.05, 4.69) is 29.1 Å². The number of thiol groups is 1. The molecule has 0 atom stereocenters. The van der Waals surface area contributed by atoms with E-state index < -0.39 is 0 Å². The number of aromatic nitrogens is 2. The summed E-state index contributed by atoms with van der Waals surface area (Å²) < 4.78 is 2.16. The number of hydrogen-bond donors (Lipinski definition) is 1. The maximum absolute atomic E-state index is 4.22. The van der Waals surface area contributed by atoms with E-state index >= 15 is 0 Å². The molecule has 0 aliphatic heterocycles. The number of nitrogens with zero attached hydrogens (tertiary/aromatic N) is 2. The lowest BCUT2D eigenvalue weighted by atomic mass is 10.7. The number of rotatable bonds is 1. The summed E-state index contributed by atoms with van der Waals surface area (Å²) >= 11 is 0. The molecular formula is C7H14N2S. The number of imidazole rings is 1. The summed E-state index contributed by atoms with van der Waals surface area (Å²) in [6, 6.07) is 0. The molecule has 0 aliphatic carbocycles. The van der Waals surface area contributed by atoms with Crippen LogP contribution in [0.3, 0.4) is 0 Å². The lowest BCUT2D eigenvalue weighted by Crippen LogP contribution is -1.94. The molecular weight excluding hydrogens is 144 g/mol. The fraction of sp³-hybridized carbons (Fsp3) is 0.571. The van der Waals surface area contributed by atoms with Gasteiger partial charge in [-0.3, -0.25) is 0 Å². The van der Waals surface area contributed by atoms with Gasteiger partial charge < -0.3 is 4.57 Å². The zero-order valence-corrected chi connectivity index (χ0v) is 7.81. The fourth-order valence-electron chi connectivity index (χ4n) is 0.906. The molecule has 58 valence electrons. The molecule has 0 amide bonds. The van der Waals surface area contributed by atoms with Crippen LogP contribution >= 0.6 is 10.9 Å². The van der Waals surface area contributed by atoms with Crippen LogP contribution in [0.2, 0.25) is 0 Å². The molecule has 0 aromatic carbocycles. The second-order valence-corrected chi connectivity index (χ2v) is 4.86. The monoisotopic (exact) mass is 158 g/mol. The van der Waals surface area contributed by atoms with Gasteiger partial charge in [0.05, 0.1) is 11.2 Å². The first-order valence-corrected chi connectivity index (χ1v) is 5.52. The SMILES string of the molecule is Cc1ncc([SH](C)C)n1C. The predicted octanol–water partition coefficient (Wildman–Crippen LogP) is 1.35. The number of hydrogen-bond acceptors (Lipinski definition) is 1. The van der Waals surface area contributed by atoms with Crippen molar-refractivity contribution < 1.29 is 0 Å². The molecule has 1 heterocycles. The van der Waals surface area contributed by atoms with Gasteiger partial charge in [-0.15, -0.1) is 0 Å². The average molecular weight is 158 g/mol. The summed E-state index contributed by atoms with van der Waals surface area (Å²) in [6.07, 6.45) is 6.46. The molecule has 0 unspecified atom stereocenters. The van der Waals surface area contributed by atoms with Crippen LogP contribution < -0.4 is 0 Å². The molecule has 0 N–H and O–H groups in total. The van der Waals surface area contributed by atoms with Crippen LogP contribution in [0.5, 0.6) is 0 Å². The zero-order chi connectivity index (χ0) is 7.72. The van der Waals surface area contributed by atoms with Crippen molar-refractivity contribution >= 4 is 10.9 Å². The van der Waals surface area contributed by atoms with Gasteiger partial charge in [0, 0.05) is 7.05 Å². The third-order valence-corrected chi connectivity index (χ3v) is 2.99. The van der Waals surface area contributed by atoms with Crippen molar-refractivity contribution in [1.82, 2.24) is 9.55 Å². The average Bonchev–Trinajstić information content (AvgIpc) is 2.14. The Kier molecular flexibility index (Phi) is 2.04. The van der Waals surface area contributed by atoms with E-state index in [1.165, 1.54) is 5.03 Å². The fourth-order valence-corrected chi connectivity index (χ4v) is 1.94. The van der Waals surface area contributed by atoms with E-state index in [-0.39, 0.29) is 10.9 Å². The minimum atomic E-state index is 0.00489.